The first-order valence-electron chi connectivity index (χ1n) is 7.42. The maximum atomic E-state index is 12.3. The van der Waals surface area contributed by atoms with Crippen LogP contribution in [0.15, 0.2) is 38.4 Å². The second-order valence-electron chi connectivity index (χ2n) is 5.57. The van der Waals surface area contributed by atoms with E-state index in [0.717, 1.165) is 5.56 Å². The zero-order chi connectivity index (χ0) is 18.9. The summed E-state index contributed by atoms with van der Waals surface area (Å²) in [7, 11) is -3.95. The van der Waals surface area contributed by atoms with Gasteiger partial charge in [0.1, 0.15) is 0 Å². The van der Waals surface area contributed by atoms with E-state index in [-0.39, 0.29) is 22.9 Å². The van der Waals surface area contributed by atoms with Gasteiger partial charge in [-0.3, -0.25) is 0 Å². The van der Waals surface area contributed by atoms with E-state index >= 15 is 0 Å². The first-order chi connectivity index (χ1) is 12.3. The molecule has 2 N–H and O–H groups in total. The molecule has 0 atom stereocenters. The predicted octanol–water partition coefficient (Wildman–Crippen LogP) is 2.42. The number of benzene rings is 1. The Bertz CT molecular complexity index is 1060. The van der Waals surface area contributed by atoms with Crippen molar-refractivity contribution in [1.82, 2.24) is 10.1 Å². The van der Waals surface area contributed by atoms with E-state index in [1.165, 1.54) is 17.4 Å². The fourth-order valence-corrected chi connectivity index (χ4v) is 3.78. The van der Waals surface area contributed by atoms with Crippen molar-refractivity contribution in [2.45, 2.75) is 25.3 Å². The Labute approximate surface area is 153 Å². The predicted molar refractivity (Wildman–Crippen MR) is 94.0 cm³/mol. The molecule has 0 radical (unpaired) electrons. The average molecular weight is 393 g/mol. The summed E-state index contributed by atoms with van der Waals surface area (Å²) in [5.41, 5.74) is 1.97. The van der Waals surface area contributed by atoms with Crippen molar-refractivity contribution in [3.63, 3.8) is 0 Å². The molecule has 0 saturated carbocycles. The lowest BCUT2D eigenvalue weighted by atomic mass is 10.1. The number of carbonyl (C=O) groups excluding carboxylic acids is 1. The Morgan fingerprint density at radius 2 is 2.12 bits per heavy atom. The van der Waals surface area contributed by atoms with Crippen LogP contribution < -0.4 is 5.14 Å². The molecule has 10 heteroatoms. The zero-order valence-corrected chi connectivity index (χ0v) is 15.6. The highest BCUT2D eigenvalue weighted by Crippen LogP contribution is 2.22. The Kier molecular flexibility index (Phi) is 4.90. The first kappa shape index (κ1) is 18.2. The molecule has 3 aromatic rings. The van der Waals surface area contributed by atoms with E-state index in [0.29, 0.717) is 17.0 Å². The molecule has 0 unspecified atom stereocenters. The molecule has 0 spiro atoms. The third kappa shape index (κ3) is 3.82. The molecule has 0 aliphatic carbocycles. The Morgan fingerprint density at radius 3 is 2.77 bits per heavy atom. The van der Waals surface area contributed by atoms with Crippen LogP contribution >= 0.6 is 11.3 Å². The number of aromatic nitrogens is 2. The van der Waals surface area contributed by atoms with Crippen LogP contribution in [0, 0.1) is 13.8 Å². The summed E-state index contributed by atoms with van der Waals surface area (Å²) < 4.78 is 33.6. The van der Waals surface area contributed by atoms with Gasteiger partial charge in [-0.1, -0.05) is 5.16 Å². The topological polar surface area (TPSA) is 125 Å². The second-order valence-corrected chi connectivity index (χ2v) is 7.88. The SMILES string of the molecule is Cc1cc(C(=O)OCc2noc(-c3ccsc3)n2)cc(S(N)(=O)=O)c1C. The second kappa shape index (κ2) is 6.98. The highest BCUT2D eigenvalue weighted by atomic mass is 32.2. The Morgan fingerprint density at radius 1 is 1.35 bits per heavy atom. The van der Waals surface area contributed by atoms with Crippen molar-refractivity contribution < 1.29 is 22.5 Å². The summed E-state index contributed by atoms with van der Waals surface area (Å²) in [5.74, 6) is -0.171. The van der Waals surface area contributed by atoms with Gasteiger partial charge >= 0.3 is 5.97 Å². The molecular weight excluding hydrogens is 378 g/mol. The van der Waals surface area contributed by atoms with Gasteiger partial charge in [-0.25, -0.2) is 18.4 Å². The van der Waals surface area contributed by atoms with E-state index in [9.17, 15) is 13.2 Å². The maximum absolute atomic E-state index is 12.3. The van der Waals surface area contributed by atoms with E-state index in [2.05, 4.69) is 10.1 Å². The van der Waals surface area contributed by atoms with Gasteiger partial charge in [-0.05, 0) is 48.6 Å². The van der Waals surface area contributed by atoms with Crippen LogP contribution in [0.1, 0.15) is 27.3 Å². The van der Waals surface area contributed by atoms with Gasteiger partial charge in [0.2, 0.25) is 15.8 Å². The number of primary sulfonamides is 1. The fraction of sp³-hybridized carbons (Fsp3) is 0.188. The molecule has 26 heavy (non-hydrogen) atoms. The van der Waals surface area contributed by atoms with E-state index in [1.54, 1.807) is 19.9 Å². The van der Waals surface area contributed by atoms with Gasteiger partial charge < -0.3 is 9.26 Å². The van der Waals surface area contributed by atoms with Crippen LogP contribution in [0.2, 0.25) is 0 Å². The number of sulfonamides is 1. The molecule has 0 fully saturated rings. The van der Waals surface area contributed by atoms with Crippen LogP contribution in [0.5, 0.6) is 0 Å². The summed E-state index contributed by atoms with van der Waals surface area (Å²) in [6.07, 6.45) is 0. The van der Waals surface area contributed by atoms with Crippen LogP contribution in [-0.2, 0) is 21.4 Å². The van der Waals surface area contributed by atoms with E-state index < -0.39 is 16.0 Å². The summed E-state index contributed by atoms with van der Waals surface area (Å²) in [5, 5.41) is 12.7. The number of aryl methyl sites for hydroxylation is 1. The van der Waals surface area contributed by atoms with Crippen LogP contribution in [0.3, 0.4) is 0 Å². The summed E-state index contributed by atoms with van der Waals surface area (Å²) in [6, 6.07) is 4.57. The minimum Gasteiger partial charge on any atom is -0.454 e. The largest absolute Gasteiger partial charge is 0.454 e. The number of hydrogen-bond acceptors (Lipinski definition) is 8. The number of esters is 1. The molecule has 0 saturated heterocycles. The molecule has 0 amide bonds. The molecule has 3 rings (SSSR count). The third-order valence-corrected chi connectivity index (χ3v) is 5.45. The normalized spacial score (nSPS) is 11.5. The molecule has 0 aliphatic rings. The number of rotatable bonds is 5. The molecular formula is C16H15N3O5S2. The van der Waals surface area contributed by atoms with Crippen LogP contribution in [0.4, 0.5) is 0 Å². The van der Waals surface area contributed by atoms with Crippen LogP contribution in [0.25, 0.3) is 11.5 Å². The highest BCUT2D eigenvalue weighted by Gasteiger charge is 2.19. The van der Waals surface area contributed by atoms with Gasteiger partial charge in [0, 0.05) is 5.38 Å². The maximum Gasteiger partial charge on any atom is 0.338 e. The number of nitrogens with zero attached hydrogens (tertiary/aromatic N) is 2. The minimum absolute atomic E-state index is 0.0821. The molecule has 1 aromatic carbocycles. The number of ether oxygens (including phenoxy) is 1. The molecule has 8 nitrogen and oxygen atoms in total. The number of hydrogen-bond donors (Lipinski definition) is 1. The van der Waals surface area contributed by atoms with E-state index in [1.807, 2.05) is 16.8 Å². The van der Waals surface area contributed by atoms with Crippen molar-refractivity contribution in [3.8, 4) is 11.5 Å². The Balaban J connectivity index is 1.76. The Hall–Kier alpha value is -2.56. The quantitative estimate of drug-likeness (QED) is 0.660. The van der Waals surface area contributed by atoms with Gasteiger partial charge in [-0.15, -0.1) is 0 Å². The summed E-state index contributed by atoms with van der Waals surface area (Å²) in [6.45, 7) is 3.10. The zero-order valence-electron chi connectivity index (χ0n) is 13.9. The van der Waals surface area contributed by atoms with Crippen molar-refractivity contribution in [2.24, 2.45) is 5.14 Å². The van der Waals surface area contributed by atoms with Gasteiger partial charge in [0.25, 0.3) is 5.89 Å². The highest BCUT2D eigenvalue weighted by molar-refractivity contribution is 7.89. The molecule has 2 aromatic heterocycles. The monoisotopic (exact) mass is 393 g/mol. The summed E-state index contributed by atoms with van der Waals surface area (Å²) >= 11 is 1.49. The average Bonchev–Trinajstić information content (AvgIpc) is 3.24. The first-order valence-corrected chi connectivity index (χ1v) is 9.91. The number of thiophene rings is 1. The van der Waals surface area contributed by atoms with Gasteiger partial charge in [0.15, 0.2) is 6.61 Å². The lowest BCUT2D eigenvalue weighted by Crippen LogP contribution is -2.16. The molecule has 136 valence electrons. The lowest BCUT2D eigenvalue weighted by Gasteiger charge is -2.10. The van der Waals surface area contributed by atoms with Gasteiger partial charge in [0.05, 0.1) is 16.0 Å². The number of carbonyl (C=O) groups is 1. The smallest absolute Gasteiger partial charge is 0.338 e. The van der Waals surface area contributed by atoms with Crippen molar-refractivity contribution in [1.29, 1.82) is 0 Å². The molecule has 0 bridgehead atoms. The third-order valence-electron chi connectivity index (χ3n) is 3.73. The standard InChI is InChI=1S/C16H15N3O5S2/c1-9-5-12(6-13(10(9)2)26(17,21)22)16(20)23-7-14-18-15(24-19-14)11-3-4-25-8-11/h3-6,8H,7H2,1-2H3,(H2,17,21,22). The minimum atomic E-state index is -3.95. The van der Waals surface area contributed by atoms with Crippen LogP contribution in [-0.4, -0.2) is 24.5 Å². The van der Waals surface area contributed by atoms with Gasteiger partial charge in [-0.2, -0.15) is 16.3 Å². The molecule has 2 heterocycles. The van der Waals surface area contributed by atoms with Crippen molar-refractivity contribution in [2.75, 3.05) is 0 Å². The molecule has 0 aliphatic heterocycles. The van der Waals surface area contributed by atoms with Crippen molar-refractivity contribution in [3.05, 3.63) is 51.5 Å². The van der Waals surface area contributed by atoms with Crippen molar-refractivity contribution >= 4 is 27.3 Å². The fourth-order valence-electron chi connectivity index (χ4n) is 2.27. The lowest BCUT2D eigenvalue weighted by molar-refractivity contribution is 0.0459. The number of nitrogens with two attached hydrogens (primary N) is 1. The van der Waals surface area contributed by atoms with E-state index in [4.69, 9.17) is 14.4 Å². The summed E-state index contributed by atoms with van der Waals surface area (Å²) in [4.78, 5) is 16.3.